The molecule has 0 saturated heterocycles. The lowest BCUT2D eigenvalue weighted by Gasteiger charge is -2.37. The molecule has 4 nitrogen and oxygen atoms in total. The fraction of sp³-hybridized carbons (Fsp3) is 0.600. The minimum Gasteiger partial charge on any atom is -0.493 e. The minimum absolute atomic E-state index is 0.213. The largest absolute Gasteiger partial charge is 0.493 e. The molecule has 0 bridgehead atoms. The van der Waals surface area contributed by atoms with Crippen LogP contribution in [0.4, 0.5) is 0 Å². The molecule has 0 spiro atoms. The Morgan fingerprint density at radius 3 is 2.46 bits per heavy atom. The van der Waals surface area contributed by atoms with E-state index < -0.39 is 0 Å². The Balaban J connectivity index is 1.84. The predicted octanol–water partition coefficient (Wildman–Crippen LogP) is 5.06. The fourth-order valence-corrected chi connectivity index (χ4v) is 4.17. The number of nitrogens with one attached hydrogen (secondary N) is 2. The minimum atomic E-state index is -0.213. The van der Waals surface area contributed by atoms with Crippen molar-refractivity contribution in [1.29, 1.82) is 0 Å². The summed E-state index contributed by atoms with van der Waals surface area (Å²) in [6, 6.07) is 5.61. The molecule has 1 aliphatic carbocycles. The molecule has 2 rings (SSSR count). The van der Waals surface area contributed by atoms with Gasteiger partial charge in [-0.05, 0) is 90.3 Å². The number of thiocarbonyl (C=S) groups is 1. The van der Waals surface area contributed by atoms with Crippen LogP contribution in [0, 0.1) is 11.3 Å². The fourth-order valence-electron chi connectivity index (χ4n) is 3.42. The standard InChI is InChI=1S/C20H29BrN2O2S/c1-5-25-17-11-6-13(12-16(17)21)18(24)23-19(26)22-15-9-7-14(8-10-15)20(2,3)4/h6,11-12,14-15H,5,7-10H2,1-4H3,(H2,22,23,24,26). The van der Waals surface area contributed by atoms with Gasteiger partial charge in [0, 0.05) is 11.6 Å². The Labute approximate surface area is 170 Å². The molecule has 1 fully saturated rings. The zero-order chi connectivity index (χ0) is 19.3. The lowest BCUT2D eigenvalue weighted by molar-refractivity contribution is 0.0976. The number of rotatable bonds is 4. The molecule has 2 N–H and O–H groups in total. The molecule has 26 heavy (non-hydrogen) atoms. The first-order valence-electron chi connectivity index (χ1n) is 9.25. The van der Waals surface area contributed by atoms with Crippen LogP contribution in [0.1, 0.15) is 63.7 Å². The van der Waals surface area contributed by atoms with Crippen LogP contribution in [0.15, 0.2) is 22.7 Å². The summed E-state index contributed by atoms with van der Waals surface area (Å²) in [4.78, 5) is 12.4. The number of benzene rings is 1. The molecule has 6 heteroatoms. The molecule has 1 aromatic rings. The molecule has 0 radical (unpaired) electrons. The number of hydrogen-bond donors (Lipinski definition) is 2. The third-order valence-corrected chi connectivity index (χ3v) is 5.85. The normalized spacial score (nSPS) is 20.3. The van der Waals surface area contributed by atoms with Crippen molar-refractivity contribution < 1.29 is 9.53 Å². The van der Waals surface area contributed by atoms with Crippen molar-refractivity contribution in [3.8, 4) is 5.75 Å². The summed E-state index contributed by atoms with van der Waals surface area (Å²) in [7, 11) is 0. The van der Waals surface area contributed by atoms with Crippen molar-refractivity contribution in [2.24, 2.45) is 11.3 Å². The topological polar surface area (TPSA) is 50.4 Å². The monoisotopic (exact) mass is 440 g/mol. The number of halogens is 1. The van der Waals surface area contributed by atoms with E-state index in [0.29, 0.717) is 28.7 Å². The highest BCUT2D eigenvalue weighted by Crippen LogP contribution is 2.37. The Hall–Kier alpha value is -1.14. The molecule has 1 amide bonds. The molecule has 0 aliphatic heterocycles. The highest BCUT2D eigenvalue weighted by Gasteiger charge is 2.29. The molecule has 1 aliphatic rings. The van der Waals surface area contributed by atoms with Crippen molar-refractivity contribution in [2.45, 2.75) is 59.4 Å². The second-order valence-electron chi connectivity index (χ2n) is 7.92. The van der Waals surface area contributed by atoms with Gasteiger partial charge in [-0.1, -0.05) is 20.8 Å². The van der Waals surface area contributed by atoms with Gasteiger partial charge in [0.1, 0.15) is 5.75 Å². The number of ether oxygens (including phenoxy) is 1. The van der Waals surface area contributed by atoms with Gasteiger partial charge in [-0.15, -0.1) is 0 Å². The van der Waals surface area contributed by atoms with Gasteiger partial charge in [0.25, 0.3) is 5.91 Å². The summed E-state index contributed by atoms with van der Waals surface area (Å²) < 4.78 is 6.22. The maximum absolute atomic E-state index is 12.4. The van der Waals surface area contributed by atoms with E-state index in [1.54, 1.807) is 18.2 Å². The van der Waals surface area contributed by atoms with E-state index in [4.69, 9.17) is 17.0 Å². The van der Waals surface area contributed by atoms with E-state index in [0.717, 1.165) is 29.0 Å². The lowest BCUT2D eigenvalue weighted by Crippen LogP contribution is -2.46. The van der Waals surface area contributed by atoms with Gasteiger partial charge in [-0.3, -0.25) is 10.1 Å². The summed E-state index contributed by atoms with van der Waals surface area (Å²) in [6.07, 6.45) is 4.58. The van der Waals surface area contributed by atoms with Crippen molar-refractivity contribution in [3.05, 3.63) is 28.2 Å². The second kappa shape index (κ2) is 9.18. The van der Waals surface area contributed by atoms with E-state index in [-0.39, 0.29) is 5.91 Å². The zero-order valence-electron chi connectivity index (χ0n) is 16.0. The second-order valence-corrected chi connectivity index (χ2v) is 9.18. The predicted molar refractivity (Wildman–Crippen MR) is 114 cm³/mol. The van der Waals surface area contributed by atoms with Crippen LogP contribution in [0.2, 0.25) is 0 Å². The van der Waals surface area contributed by atoms with Gasteiger partial charge >= 0.3 is 0 Å². The molecule has 144 valence electrons. The Morgan fingerprint density at radius 2 is 1.92 bits per heavy atom. The van der Waals surface area contributed by atoms with Crippen LogP contribution >= 0.6 is 28.1 Å². The first-order valence-corrected chi connectivity index (χ1v) is 10.4. The van der Waals surface area contributed by atoms with Crippen molar-refractivity contribution in [2.75, 3.05) is 6.61 Å². The van der Waals surface area contributed by atoms with Crippen LogP contribution < -0.4 is 15.4 Å². The summed E-state index contributed by atoms with van der Waals surface area (Å²) in [5.41, 5.74) is 0.904. The molecular weight excluding hydrogens is 412 g/mol. The molecule has 1 aromatic carbocycles. The van der Waals surface area contributed by atoms with Gasteiger partial charge in [-0.2, -0.15) is 0 Å². The van der Waals surface area contributed by atoms with E-state index in [1.165, 1.54) is 12.8 Å². The third-order valence-electron chi connectivity index (χ3n) is 5.01. The van der Waals surface area contributed by atoms with Crippen molar-refractivity contribution in [3.63, 3.8) is 0 Å². The quantitative estimate of drug-likeness (QED) is 0.642. The summed E-state index contributed by atoms with van der Waals surface area (Å²) in [5.74, 6) is 1.26. The number of carbonyl (C=O) groups excluding carboxylic acids is 1. The molecule has 0 unspecified atom stereocenters. The molecule has 0 heterocycles. The summed E-state index contributed by atoms with van der Waals surface area (Å²) in [6.45, 7) is 9.43. The highest BCUT2D eigenvalue weighted by molar-refractivity contribution is 9.10. The first-order chi connectivity index (χ1) is 12.2. The van der Waals surface area contributed by atoms with Crippen LogP contribution in [0.5, 0.6) is 5.75 Å². The van der Waals surface area contributed by atoms with Crippen LogP contribution in [0.3, 0.4) is 0 Å². The Kier molecular flexibility index (Phi) is 7.47. The smallest absolute Gasteiger partial charge is 0.257 e. The van der Waals surface area contributed by atoms with E-state index in [2.05, 4.69) is 47.3 Å². The summed E-state index contributed by atoms with van der Waals surface area (Å²) in [5, 5.41) is 6.49. The third kappa shape index (κ3) is 5.95. The van der Waals surface area contributed by atoms with E-state index in [9.17, 15) is 4.79 Å². The first kappa shape index (κ1) is 21.2. The number of hydrogen-bond acceptors (Lipinski definition) is 3. The van der Waals surface area contributed by atoms with Gasteiger partial charge in [0.15, 0.2) is 5.11 Å². The maximum Gasteiger partial charge on any atom is 0.257 e. The SMILES string of the molecule is CCOc1ccc(C(=O)NC(=S)NC2CCC(C(C)(C)C)CC2)cc1Br. The highest BCUT2D eigenvalue weighted by atomic mass is 79.9. The average molecular weight is 441 g/mol. The van der Waals surface area contributed by atoms with Crippen LogP contribution in [-0.2, 0) is 0 Å². The maximum atomic E-state index is 12.4. The lowest BCUT2D eigenvalue weighted by atomic mass is 9.71. The van der Waals surface area contributed by atoms with Crippen LogP contribution in [0.25, 0.3) is 0 Å². The van der Waals surface area contributed by atoms with E-state index in [1.807, 2.05) is 6.92 Å². The molecule has 0 aromatic heterocycles. The Bertz CT molecular complexity index is 650. The van der Waals surface area contributed by atoms with Crippen LogP contribution in [-0.4, -0.2) is 23.7 Å². The number of carbonyl (C=O) groups is 1. The van der Waals surface area contributed by atoms with Crippen molar-refractivity contribution >= 4 is 39.2 Å². The van der Waals surface area contributed by atoms with Crippen molar-refractivity contribution in [1.82, 2.24) is 10.6 Å². The van der Waals surface area contributed by atoms with Gasteiger partial charge < -0.3 is 10.1 Å². The van der Waals surface area contributed by atoms with Gasteiger partial charge in [-0.25, -0.2) is 0 Å². The van der Waals surface area contributed by atoms with E-state index >= 15 is 0 Å². The average Bonchev–Trinajstić information content (AvgIpc) is 2.56. The number of amides is 1. The Morgan fingerprint density at radius 1 is 1.27 bits per heavy atom. The molecular formula is C20H29BrN2O2S. The van der Waals surface area contributed by atoms with Gasteiger partial charge in [0.2, 0.25) is 0 Å². The zero-order valence-corrected chi connectivity index (χ0v) is 18.4. The molecule has 1 saturated carbocycles. The van der Waals surface area contributed by atoms with Gasteiger partial charge in [0.05, 0.1) is 11.1 Å². The summed E-state index contributed by atoms with van der Waals surface area (Å²) >= 11 is 8.77. The molecule has 0 atom stereocenters.